The minimum atomic E-state index is 0.273. The SMILES string of the molecule is C#CCOc1ccccc1CN=C(N(C)C)N(C)C. The Hall–Kier alpha value is -2.15. The molecule has 0 heterocycles. The predicted molar refractivity (Wildman–Crippen MR) is 79.3 cm³/mol. The lowest BCUT2D eigenvalue weighted by molar-refractivity contribution is 0.366. The van der Waals surface area contributed by atoms with Crippen LogP contribution in [0.2, 0.25) is 0 Å². The molecule has 0 amide bonds. The van der Waals surface area contributed by atoms with Gasteiger partial charge in [0, 0.05) is 33.8 Å². The van der Waals surface area contributed by atoms with Crippen LogP contribution in [0.5, 0.6) is 5.75 Å². The minimum Gasteiger partial charge on any atom is -0.481 e. The van der Waals surface area contributed by atoms with Crippen LogP contribution in [0.1, 0.15) is 5.56 Å². The Balaban J connectivity index is 2.87. The molecule has 0 aromatic heterocycles. The van der Waals surface area contributed by atoms with Gasteiger partial charge >= 0.3 is 0 Å². The van der Waals surface area contributed by atoms with Crippen molar-refractivity contribution in [1.82, 2.24) is 9.80 Å². The fourth-order valence-corrected chi connectivity index (χ4v) is 1.73. The number of nitrogens with zero attached hydrogens (tertiary/aromatic N) is 3. The summed E-state index contributed by atoms with van der Waals surface area (Å²) < 4.78 is 5.51. The fraction of sp³-hybridized carbons (Fsp3) is 0.400. The first kappa shape index (κ1) is 14.9. The van der Waals surface area contributed by atoms with E-state index in [2.05, 4.69) is 10.9 Å². The zero-order chi connectivity index (χ0) is 14.3. The van der Waals surface area contributed by atoms with Crippen LogP contribution < -0.4 is 4.74 Å². The molecule has 4 heteroatoms. The van der Waals surface area contributed by atoms with Gasteiger partial charge in [0.25, 0.3) is 0 Å². The molecular formula is C15H21N3O. The summed E-state index contributed by atoms with van der Waals surface area (Å²) in [7, 11) is 7.89. The number of terminal acetylenes is 1. The summed E-state index contributed by atoms with van der Waals surface area (Å²) in [6.45, 7) is 0.835. The van der Waals surface area contributed by atoms with Crippen LogP contribution in [0.3, 0.4) is 0 Å². The number of hydrogen-bond donors (Lipinski definition) is 0. The molecule has 0 atom stereocenters. The van der Waals surface area contributed by atoms with Crippen molar-refractivity contribution in [3.63, 3.8) is 0 Å². The average molecular weight is 259 g/mol. The quantitative estimate of drug-likeness (QED) is 0.468. The van der Waals surface area contributed by atoms with Gasteiger partial charge in [0.15, 0.2) is 5.96 Å². The summed E-state index contributed by atoms with van der Waals surface area (Å²) >= 11 is 0. The maximum atomic E-state index is 5.51. The molecule has 19 heavy (non-hydrogen) atoms. The lowest BCUT2D eigenvalue weighted by atomic mass is 10.2. The summed E-state index contributed by atoms with van der Waals surface area (Å²) in [6.07, 6.45) is 5.21. The zero-order valence-corrected chi connectivity index (χ0v) is 12.1. The second kappa shape index (κ2) is 7.32. The number of para-hydroxylation sites is 1. The third kappa shape index (κ3) is 4.55. The van der Waals surface area contributed by atoms with E-state index in [1.807, 2.05) is 62.3 Å². The number of hydrogen-bond acceptors (Lipinski definition) is 2. The first-order valence-electron chi connectivity index (χ1n) is 6.09. The molecule has 0 radical (unpaired) electrons. The summed E-state index contributed by atoms with van der Waals surface area (Å²) in [5, 5.41) is 0. The molecule has 0 spiro atoms. The highest BCUT2D eigenvalue weighted by molar-refractivity contribution is 5.79. The fourth-order valence-electron chi connectivity index (χ4n) is 1.73. The molecule has 0 unspecified atom stereocenters. The van der Waals surface area contributed by atoms with Crippen LogP contribution in [0.4, 0.5) is 0 Å². The zero-order valence-electron chi connectivity index (χ0n) is 12.1. The second-order valence-corrected chi connectivity index (χ2v) is 4.51. The summed E-state index contributed by atoms with van der Waals surface area (Å²) in [5.74, 6) is 4.17. The summed E-state index contributed by atoms with van der Waals surface area (Å²) in [6, 6.07) is 7.81. The average Bonchev–Trinajstić information content (AvgIpc) is 2.37. The number of rotatable bonds is 4. The third-order valence-electron chi connectivity index (χ3n) is 2.47. The number of ether oxygens (including phenoxy) is 1. The molecule has 0 aliphatic carbocycles. The van der Waals surface area contributed by atoms with E-state index in [1.54, 1.807) is 0 Å². The highest BCUT2D eigenvalue weighted by Gasteiger charge is 2.06. The van der Waals surface area contributed by atoms with Crippen molar-refractivity contribution in [2.45, 2.75) is 6.54 Å². The van der Waals surface area contributed by atoms with Crippen molar-refractivity contribution >= 4 is 5.96 Å². The number of guanidine groups is 1. The van der Waals surface area contributed by atoms with Crippen LogP contribution in [-0.2, 0) is 6.54 Å². The first-order valence-corrected chi connectivity index (χ1v) is 6.09. The van der Waals surface area contributed by atoms with E-state index in [0.29, 0.717) is 6.54 Å². The lowest BCUT2D eigenvalue weighted by Gasteiger charge is -2.22. The highest BCUT2D eigenvalue weighted by Crippen LogP contribution is 2.18. The molecule has 0 aliphatic heterocycles. The lowest BCUT2D eigenvalue weighted by Crippen LogP contribution is -2.35. The molecule has 4 nitrogen and oxygen atoms in total. The topological polar surface area (TPSA) is 28.1 Å². The molecule has 0 N–H and O–H groups in total. The Kier molecular flexibility index (Phi) is 5.74. The van der Waals surface area contributed by atoms with Crippen molar-refractivity contribution in [1.29, 1.82) is 0 Å². The van der Waals surface area contributed by atoms with Crippen LogP contribution in [0, 0.1) is 12.3 Å². The Morgan fingerprint density at radius 2 is 1.84 bits per heavy atom. The van der Waals surface area contributed by atoms with Gasteiger partial charge in [0.2, 0.25) is 0 Å². The molecule has 102 valence electrons. The van der Waals surface area contributed by atoms with Crippen molar-refractivity contribution in [2.75, 3.05) is 34.8 Å². The van der Waals surface area contributed by atoms with Crippen LogP contribution >= 0.6 is 0 Å². The van der Waals surface area contributed by atoms with Gasteiger partial charge in [-0.3, -0.25) is 0 Å². The minimum absolute atomic E-state index is 0.273. The molecular weight excluding hydrogens is 238 g/mol. The van der Waals surface area contributed by atoms with Crippen molar-refractivity contribution in [3.8, 4) is 18.1 Å². The Morgan fingerprint density at radius 3 is 2.42 bits per heavy atom. The summed E-state index contributed by atoms with van der Waals surface area (Å²) in [4.78, 5) is 8.55. The predicted octanol–water partition coefficient (Wildman–Crippen LogP) is 1.68. The largest absolute Gasteiger partial charge is 0.481 e. The Morgan fingerprint density at radius 1 is 1.21 bits per heavy atom. The Labute approximate surface area is 115 Å². The van der Waals surface area contributed by atoms with Crippen LogP contribution in [0.15, 0.2) is 29.3 Å². The molecule has 0 aliphatic rings. The molecule has 0 bridgehead atoms. The monoisotopic (exact) mass is 259 g/mol. The first-order chi connectivity index (χ1) is 9.06. The standard InChI is InChI=1S/C15H21N3O/c1-6-11-19-14-10-8-7-9-13(14)12-16-15(17(2)3)18(4)5/h1,7-10H,11-12H2,2-5H3. The molecule has 1 aromatic carbocycles. The van der Waals surface area contributed by atoms with E-state index in [-0.39, 0.29) is 6.61 Å². The van der Waals surface area contributed by atoms with Gasteiger partial charge in [-0.2, -0.15) is 0 Å². The molecule has 0 fully saturated rings. The van der Waals surface area contributed by atoms with Gasteiger partial charge < -0.3 is 14.5 Å². The Bertz CT molecular complexity index is 463. The van der Waals surface area contributed by atoms with E-state index < -0.39 is 0 Å². The van der Waals surface area contributed by atoms with Gasteiger partial charge in [-0.05, 0) is 6.07 Å². The normalized spacial score (nSPS) is 9.42. The van der Waals surface area contributed by atoms with Crippen molar-refractivity contribution in [3.05, 3.63) is 29.8 Å². The smallest absolute Gasteiger partial charge is 0.195 e. The van der Waals surface area contributed by atoms with E-state index in [4.69, 9.17) is 11.2 Å². The van der Waals surface area contributed by atoms with E-state index >= 15 is 0 Å². The molecule has 1 rings (SSSR count). The van der Waals surface area contributed by atoms with Gasteiger partial charge in [-0.15, -0.1) is 6.42 Å². The maximum absolute atomic E-state index is 5.51. The highest BCUT2D eigenvalue weighted by atomic mass is 16.5. The molecule has 0 saturated carbocycles. The summed E-state index contributed by atoms with van der Waals surface area (Å²) in [5.41, 5.74) is 1.03. The van der Waals surface area contributed by atoms with E-state index in [9.17, 15) is 0 Å². The second-order valence-electron chi connectivity index (χ2n) is 4.51. The van der Waals surface area contributed by atoms with Gasteiger partial charge in [0.05, 0.1) is 6.54 Å². The number of benzene rings is 1. The van der Waals surface area contributed by atoms with Crippen LogP contribution in [-0.4, -0.2) is 50.6 Å². The van der Waals surface area contributed by atoms with Crippen molar-refractivity contribution in [2.24, 2.45) is 4.99 Å². The maximum Gasteiger partial charge on any atom is 0.195 e. The third-order valence-corrected chi connectivity index (χ3v) is 2.47. The van der Waals surface area contributed by atoms with E-state index in [0.717, 1.165) is 17.3 Å². The molecule has 0 saturated heterocycles. The molecule has 1 aromatic rings. The van der Waals surface area contributed by atoms with Crippen LogP contribution in [0.25, 0.3) is 0 Å². The van der Waals surface area contributed by atoms with Gasteiger partial charge in [0.1, 0.15) is 12.4 Å². The number of aliphatic imine (C=N–C) groups is 1. The van der Waals surface area contributed by atoms with E-state index in [1.165, 1.54) is 0 Å². The van der Waals surface area contributed by atoms with Gasteiger partial charge in [-0.25, -0.2) is 4.99 Å². The van der Waals surface area contributed by atoms with Gasteiger partial charge in [-0.1, -0.05) is 24.1 Å². The van der Waals surface area contributed by atoms with Crippen molar-refractivity contribution < 1.29 is 4.74 Å².